The minimum absolute atomic E-state index is 0.147. The molecule has 0 unspecified atom stereocenters. The summed E-state index contributed by atoms with van der Waals surface area (Å²) in [5, 5.41) is -0.427. The van der Waals surface area contributed by atoms with Crippen LogP contribution >= 0.6 is 0 Å². The minimum Gasteiger partial charge on any atom is -0.231 e. The average Bonchev–Trinajstić information content (AvgIpc) is 1.82. The zero-order chi connectivity index (χ0) is 7.28. The molecule has 0 aromatic heterocycles. The van der Waals surface area contributed by atoms with Crippen LogP contribution in [0.1, 0.15) is 19.8 Å². The SMILES string of the molecule is CCCCN(F)C(=O)F. The number of carbonyl (C=O) groups excluding carboxylic acids is 1. The standard InChI is InChI=1S/C5H9F2NO/c1-2-3-4-8(7)5(6)9/h2-4H2,1H3. The first-order valence-corrected chi connectivity index (χ1v) is 2.81. The lowest BCUT2D eigenvalue weighted by Gasteiger charge is -2.03. The van der Waals surface area contributed by atoms with Gasteiger partial charge in [-0.1, -0.05) is 17.8 Å². The number of nitrogens with zero attached hydrogens (tertiary/aromatic N) is 1. The fraction of sp³-hybridized carbons (Fsp3) is 0.800. The van der Waals surface area contributed by atoms with Gasteiger partial charge in [-0.3, -0.25) is 0 Å². The zero-order valence-corrected chi connectivity index (χ0v) is 5.23. The van der Waals surface area contributed by atoms with Gasteiger partial charge in [-0.2, -0.15) is 0 Å². The quantitative estimate of drug-likeness (QED) is 0.331. The number of hydrogen-bond donors (Lipinski definition) is 0. The van der Waals surface area contributed by atoms with Gasteiger partial charge in [-0.05, 0) is 6.42 Å². The molecule has 9 heavy (non-hydrogen) atoms. The monoisotopic (exact) mass is 137 g/mol. The Morgan fingerprint density at radius 1 is 1.67 bits per heavy atom. The van der Waals surface area contributed by atoms with Crippen molar-refractivity contribution in [2.45, 2.75) is 19.8 Å². The Balaban J connectivity index is 3.27. The Morgan fingerprint density at radius 2 is 2.22 bits per heavy atom. The van der Waals surface area contributed by atoms with Gasteiger partial charge in [0.2, 0.25) is 0 Å². The van der Waals surface area contributed by atoms with E-state index in [1.54, 1.807) is 0 Å². The topological polar surface area (TPSA) is 20.3 Å². The second-order valence-electron chi connectivity index (χ2n) is 1.69. The first-order chi connectivity index (χ1) is 4.18. The van der Waals surface area contributed by atoms with Gasteiger partial charge in [-0.25, -0.2) is 4.79 Å². The summed E-state index contributed by atoms with van der Waals surface area (Å²) < 4.78 is 23.2. The summed E-state index contributed by atoms with van der Waals surface area (Å²) in [6.07, 6.45) is -0.775. The lowest BCUT2D eigenvalue weighted by Crippen LogP contribution is -2.17. The van der Waals surface area contributed by atoms with Gasteiger partial charge in [-0.15, -0.1) is 9.51 Å². The maximum Gasteiger partial charge on any atom is 0.428 e. The summed E-state index contributed by atoms with van der Waals surface area (Å²) >= 11 is 0. The lowest BCUT2D eigenvalue weighted by atomic mass is 10.3. The number of rotatable bonds is 3. The maximum absolute atomic E-state index is 11.8. The molecule has 0 heterocycles. The van der Waals surface area contributed by atoms with Crippen LogP contribution in [0.25, 0.3) is 0 Å². The molecule has 0 bridgehead atoms. The van der Waals surface area contributed by atoms with Gasteiger partial charge in [0.05, 0.1) is 6.54 Å². The van der Waals surface area contributed by atoms with Crippen LogP contribution in [-0.4, -0.2) is 17.8 Å². The van der Waals surface area contributed by atoms with Crippen molar-refractivity contribution in [2.75, 3.05) is 6.54 Å². The smallest absolute Gasteiger partial charge is 0.231 e. The van der Waals surface area contributed by atoms with Crippen molar-refractivity contribution >= 4 is 6.16 Å². The molecule has 0 aromatic carbocycles. The van der Waals surface area contributed by atoms with E-state index in [9.17, 15) is 13.7 Å². The van der Waals surface area contributed by atoms with Gasteiger partial charge >= 0.3 is 6.16 Å². The summed E-state index contributed by atoms with van der Waals surface area (Å²) in [4.78, 5) is 9.53. The van der Waals surface area contributed by atoms with E-state index in [1.807, 2.05) is 6.92 Å². The molecule has 0 spiro atoms. The molecule has 54 valence electrons. The summed E-state index contributed by atoms with van der Waals surface area (Å²) in [6.45, 7) is 1.68. The van der Waals surface area contributed by atoms with Crippen molar-refractivity contribution in [1.82, 2.24) is 5.12 Å². The van der Waals surface area contributed by atoms with E-state index in [4.69, 9.17) is 0 Å². The first-order valence-electron chi connectivity index (χ1n) is 2.81. The molecular weight excluding hydrogens is 128 g/mol. The minimum atomic E-state index is -2.01. The molecule has 0 radical (unpaired) electrons. The molecule has 0 aliphatic carbocycles. The van der Waals surface area contributed by atoms with Crippen LogP contribution in [-0.2, 0) is 0 Å². The van der Waals surface area contributed by atoms with Crippen LogP contribution < -0.4 is 0 Å². The highest BCUT2D eigenvalue weighted by molar-refractivity contribution is 5.64. The Labute approximate surface area is 52.4 Å². The average molecular weight is 137 g/mol. The molecule has 0 atom stereocenters. The van der Waals surface area contributed by atoms with Gasteiger partial charge in [0.25, 0.3) is 0 Å². The second-order valence-corrected chi connectivity index (χ2v) is 1.69. The lowest BCUT2D eigenvalue weighted by molar-refractivity contribution is 0.0487. The van der Waals surface area contributed by atoms with Crippen molar-refractivity contribution in [1.29, 1.82) is 0 Å². The van der Waals surface area contributed by atoms with E-state index >= 15 is 0 Å². The molecule has 1 amide bonds. The van der Waals surface area contributed by atoms with Crippen LogP contribution in [0.15, 0.2) is 0 Å². The van der Waals surface area contributed by atoms with Crippen LogP contribution in [0, 0.1) is 0 Å². The van der Waals surface area contributed by atoms with E-state index in [2.05, 4.69) is 0 Å². The molecule has 0 rings (SSSR count). The molecule has 0 fully saturated rings. The van der Waals surface area contributed by atoms with E-state index in [0.717, 1.165) is 6.42 Å². The van der Waals surface area contributed by atoms with Crippen molar-refractivity contribution in [3.05, 3.63) is 0 Å². The molecule has 0 N–H and O–H groups in total. The summed E-state index contributed by atoms with van der Waals surface area (Å²) in [6, 6.07) is 0. The van der Waals surface area contributed by atoms with Crippen LogP contribution in [0.4, 0.5) is 13.7 Å². The Bertz CT molecular complexity index is 97.0. The summed E-state index contributed by atoms with van der Waals surface area (Å²) in [5.74, 6) is 0. The number of amides is 1. The van der Waals surface area contributed by atoms with Crippen molar-refractivity contribution in [3.8, 4) is 0 Å². The van der Waals surface area contributed by atoms with Crippen molar-refractivity contribution in [3.63, 3.8) is 0 Å². The van der Waals surface area contributed by atoms with Gasteiger partial charge in [0.1, 0.15) is 0 Å². The molecule has 2 nitrogen and oxygen atoms in total. The van der Waals surface area contributed by atoms with Crippen molar-refractivity contribution in [2.24, 2.45) is 0 Å². The highest BCUT2D eigenvalue weighted by Crippen LogP contribution is 1.97. The second kappa shape index (κ2) is 4.23. The predicted octanol–water partition coefficient (Wildman–Crippen LogP) is 2.06. The fourth-order valence-corrected chi connectivity index (χ4v) is 0.385. The molecule has 0 saturated heterocycles. The predicted molar refractivity (Wildman–Crippen MR) is 29.2 cm³/mol. The highest BCUT2D eigenvalue weighted by Gasteiger charge is 2.08. The molecular formula is C5H9F2NO. The fourth-order valence-electron chi connectivity index (χ4n) is 0.385. The van der Waals surface area contributed by atoms with Crippen LogP contribution in [0.5, 0.6) is 0 Å². The molecule has 0 saturated carbocycles. The number of halogens is 2. The number of hydrogen-bond acceptors (Lipinski definition) is 1. The van der Waals surface area contributed by atoms with Crippen molar-refractivity contribution < 1.29 is 13.7 Å². The van der Waals surface area contributed by atoms with E-state index < -0.39 is 11.3 Å². The normalized spacial score (nSPS) is 9.22. The molecule has 0 aromatic rings. The molecule has 0 aliphatic rings. The van der Waals surface area contributed by atoms with Gasteiger partial charge in [0, 0.05) is 0 Å². The number of unbranched alkanes of at least 4 members (excludes halogenated alkanes) is 1. The Morgan fingerprint density at radius 3 is 2.56 bits per heavy atom. The Kier molecular flexibility index (Phi) is 3.92. The third kappa shape index (κ3) is 3.88. The maximum atomic E-state index is 11.8. The van der Waals surface area contributed by atoms with E-state index in [0.29, 0.717) is 6.42 Å². The molecule has 4 heteroatoms. The highest BCUT2D eigenvalue weighted by atomic mass is 19.2. The summed E-state index contributed by atoms with van der Waals surface area (Å²) in [5.41, 5.74) is 0. The third-order valence-electron chi connectivity index (χ3n) is 0.899. The van der Waals surface area contributed by atoms with E-state index in [-0.39, 0.29) is 6.54 Å². The molecule has 0 aliphatic heterocycles. The van der Waals surface area contributed by atoms with Gasteiger partial charge < -0.3 is 0 Å². The van der Waals surface area contributed by atoms with Gasteiger partial charge in [0.15, 0.2) is 0 Å². The van der Waals surface area contributed by atoms with E-state index in [1.165, 1.54) is 0 Å². The number of carbonyl (C=O) groups is 1. The zero-order valence-electron chi connectivity index (χ0n) is 5.23. The Hall–Kier alpha value is -0.670. The van der Waals surface area contributed by atoms with Crippen LogP contribution in [0.2, 0.25) is 0 Å². The first kappa shape index (κ1) is 8.33. The van der Waals surface area contributed by atoms with Crippen LogP contribution in [0.3, 0.4) is 0 Å². The summed E-state index contributed by atoms with van der Waals surface area (Å²) in [7, 11) is 0. The largest absolute Gasteiger partial charge is 0.428 e. The third-order valence-corrected chi connectivity index (χ3v) is 0.899.